The summed E-state index contributed by atoms with van der Waals surface area (Å²) in [6.45, 7) is 3.57. The summed E-state index contributed by atoms with van der Waals surface area (Å²) in [5, 5.41) is 11.2. The number of hydrogen-bond acceptors (Lipinski definition) is 6. The van der Waals surface area contributed by atoms with E-state index in [2.05, 4.69) is 0 Å². The number of imide groups is 1. The molecule has 3 heterocycles. The molecule has 0 radical (unpaired) electrons. The predicted molar refractivity (Wildman–Crippen MR) is 105 cm³/mol. The third kappa shape index (κ3) is 3.00. The first-order valence-corrected chi connectivity index (χ1v) is 9.15. The molecule has 0 saturated heterocycles. The fraction of sp³-hybridized carbons (Fsp3) is 0.190. The van der Waals surface area contributed by atoms with Crippen molar-refractivity contribution in [2.24, 2.45) is 0 Å². The Kier molecular flexibility index (Phi) is 4.57. The number of aromatic nitrogens is 1. The molecule has 9 nitrogen and oxygen atoms in total. The van der Waals surface area contributed by atoms with E-state index in [1.54, 1.807) is 25.3 Å². The average Bonchev–Trinajstić information content (AvgIpc) is 3.39. The minimum Gasteiger partial charge on any atom is -0.467 e. The lowest BCUT2D eigenvalue weighted by Gasteiger charge is -2.13. The molecule has 0 fully saturated rings. The quantitative estimate of drug-likeness (QED) is 0.268. The molecular formula is C21H17N3O6. The first-order valence-electron chi connectivity index (χ1n) is 9.15. The fourth-order valence-electron chi connectivity index (χ4n) is 3.73. The van der Waals surface area contributed by atoms with Gasteiger partial charge < -0.3 is 8.98 Å². The summed E-state index contributed by atoms with van der Waals surface area (Å²) in [5.41, 5.74) is 1.10. The van der Waals surface area contributed by atoms with Crippen LogP contribution < -0.4 is 0 Å². The van der Waals surface area contributed by atoms with E-state index in [1.165, 1.54) is 12.1 Å². The zero-order chi connectivity index (χ0) is 21.6. The molecule has 3 aromatic rings. The van der Waals surface area contributed by atoms with Crippen molar-refractivity contribution in [3.05, 3.63) is 86.6 Å². The number of rotatable bonds is 6. The highest BCUT2D eigenvalue weighted by molar-refractivity contribution is 6.24. The van der Waals surface area contributed by atoms with E-state index in [4.69, 9.17) is 4.42 Å². The van der Waals surface area contributed by atoms with E-state index in [-0.39, 0.29) is 11.1 Å². The summed E-state index contributed by atoms with van der Waals surface area (Å²) in [6.07, 6.45) is 1.57. The van der Waals surface area contributed by atoms with Gasteiger partial charge in [-0.2, -0.15) is 0 Å². The molecule has 2 aromatic heterocycles. The maximum absolute atomic E-state index is 12.9. The number of Topliss-reactive ketones (excluding diaryl/α,β-unsaturated/α-hetero) is 1. The second-order valence-electron chi connectivity index (χ2n) is 7.03. The molecule has 30 heavy (non-hydrogen) atoms. The minimum absolute atomic E-state index is 0.0645. The summed E-state index contributed by atoms with van der Waals surface area (Å²) in [5.74, 6) is -1.24. The van der Waals surface area contributed by atoms with Crippen LogP contribution in [0.5, 0.6) is 0 Å². The second-order valence-corrected chi connectivity index (χ2v) is 7.03. The summed E-state index contributed by atoms with van der Waals surface area (Å²) in [4.78, 5) is 49.5. The SMILES string of the molecule is Cc1cc(C(=O)CN2C(=O)c3cccc([N+](=O)[O-])c3C2=O)c(C)n1Cc1ccco1. The van der Waals surface area contributed by atoms with E-state index in [9.17, 15) is 24.5 Å². The number of hydrogen-bond donors (Lipinski definition) is 0. The summed E-state index contributed by atoms with van der Waals surface area (Å²) in [7, 11) is 0. The van der Waals surface area contributed by atoms with Crippen LogP contribution in [0.15, 0.2) is 47.1 Å². The Bertz CT molecular complexity index is 1210. The predicted octanol–water partition coefficient (Wildman–Crippen LogP) is 3.13. The smallest absolute Gasteiger partial charge is 0.282 e. The molecular weight excluding hydrogens is 390 g/mol. The van der Waals surface area contributed by atoms with Gasteiger partial charge in [0.25, 0.3) is 17.5 Å². The van der Waals surface area contributed by atoms with Gasteiger partial charge in [-0.1, -0.05) is 6.07 Å². The third-order valence-corrected chi connectivity index (χ3v) is 5.24. The Morgan fingerprint density at radius 2 is 1.90 bits per heavy atom. The van der Waals surface area contributed by atoms with E-state index in [0.29, 0.717) is 17.8 Å². The number of benzene rings is 1. The van der Waals surface area contributed by atoms with Crippen LogP contribution in [0.3, 0.4) is 0 Å². The average molecular weight is 407 g/mol. The van der Waals surface area contributed by atoms with Crippen molar-refractivity contribution < 1.29 is 23.7 Å². The van der Waals surface area contributed by atoms with Crippen LogP contribution in [0.25, 0.3) is 0 Å². The number of carbonyl (C=O) groups is 3. The zero-order valence-electron chi connectivity index (χ0n) is 16.2. The Morgan fingerprint density at radius 3 is 2.57 bits per heavy atom. The van der Waals surface area contributed by atoms with Gasteiger partial charge in [-0.15, -0.1) is 0 Å². The van der Waals surface area contributed by atoms with Gasteiger partial charge in [0.05, 0.1) is 29.8 Å². The molecule has 1 aliphatic heterocycles. The summed E-state index contributed by atoms with van der Waals surface area (Å²) in [6, 6.07) is 9.15. The molecule has 4 rings (SSSR count). The van der Waals surface area contributed by atoms with E-state index in [0.717, 1.165) is 22.4 Å². The van der Waals surface area contributed by atoms with Crippen molar-refractivity contribution in [1.29, 1.82) is 0 Å². The normalized spacial score (nSPS) is 13.1. The summed E-state index contributed by atoms with van der Waals surface area (Å²) < 4.78 is 7.26. The second kappa shape index (κ2) is 7.11. The minimum atomic E-state index is -0.833. The number of nitro groups is 1. The number of fused-ring (bicyclic) bond motifs is 1. The maximum atomic E-state index is 12.9. The molecule has 152 valence electrons. The van der Waals surface area contributed by atoms with Gasteiger partial charge in [0, 0.05) is 23.0 Å². The van der Waals surface area contributed by atoms with E-state index >= 15 is 0 Å². The van der Waals surface area contributed by atoms with Crippen molar-refractivity contribution in [3.63, 3.8) is 0 Å². The topological polar surface area (TPSA) is 116 Å². The Balaban J connectivity index is 1.61. The zero-order valence-corrected chi connectivity index (χ0v) is 16.2. The maximum Gasteiger partial charge on any atom is 0.282 e. The van der Waals surface area contributed by atoms with Crippen LogP contribution in [-0.4, -0.2) is 38.5 Å². The van der Waals surface area contributed by atoms with Crippen LogP contribution in [-0.2, 0) is 6.54 Å². The van der Waals surface area contributed by atoms with Gasteiger partial charge in [0.1, 0.15) is 11.3 Å². The lowest BCUT2D eigenvalue weighted by molar-refractivity contribution is -0.385. The lowest BCUT2D eigenvalue weighted by Crippen LogP contribution is -2.35. The van der Waals surface area contributed by atoms with Crippen molar-refractivity contribution >= 4 is 23.3 Å². The monoisotopic (exact) mass is 407 g/mol. The Labute approximate surface area is 170 Å². The molecule has 0 bridgehead atoms. The van der Waals surface area contributed by atoms with Crippen LogP contribution in [0.1, 0.15) is 48.2 Å². The summed E-state index contributed by atoms with van der Waals surface area (Å²) >= 11 is 0. The standard InChI is InChI=1S/C21H17N3O6/c1-12-9-16(13(2)22(12)10-14-5-4-8-30-14)18(25)11-23-20(26)15-6-3-7-17(24(28)29)19(15)21(23)27/h3-9H,10-11H2,1-2H3. The molecule has 0 aliphatic carbocycles. The molecule has 0 N–H and O–H groups in total. The number of amides is 2. The number of aryl methyl sites for hydroxylation is 1. The molecule has 0 spiro atoms. The highest BCUT2D eigenvalue weighted by Crippen LogP contribution is 2.31. The van der Waals surface area contributed by atoms with Crippen molar-refractivity contribution in [3.8, 4) is 0 Å². The van der Waals surface area contributed by atoms with Gasteiger partial charge in [-0.3, -0.25) is 29.4 Å². The van der Waals surface area contributed by atoms with Crippen molar-refractivity contribution in [2.45, 2.75) is 20.4 Å². The van der Waals surface area contributed by atoms with E-state index in [1.807, 2.05) is 17.6 Å². The van der Waals surface area contributed by atoms with Gasteiger partial charge in [0.15, 0.2) is 5.78 Å². The highest BCUT2D eigenvalue weighted by atomic mass is 16.6. The third-order valence-electron chi connectivity index (χ3n) is 5.24. The molecule has 9 heteroatoms. The van der Waals surface area contributed by atoms with Crippen LogP contribution in [0.4, 0.5) is 5.69 Å². The molecule has 1 aliphatic rings. The first-order chi connectivity index (χ1) is 14.3. The van der Waals surface area contributed by atoms with Gasteiger partial charge >= 0.3 is 0 Å². The van der Waals surface area contributed by atoms with Gasteiger partial charge in [-0.25, -0.2) is 0 Å². The number of ketones is 1. The van der Waals surface area contributed by atoms with Crippen LogP contribution in [0.2, 0.25) is 0 Å². The van der Waals surface area contributed by atoms with Crippen LogP contribution in [0, 0.1) is 24.0 Å². The number of carbonyl (C=O) groups excluding carboxylic acids is 3. The highest BCUT2D eigenvalue weighted by Gasteiger charge is 2.41. The Hall–Kier alpha value is -4.01. The van der Waals surface area contributed by atoms with Gasteiger partial charge in [-0.05, 0) is 38.1 Å². The van der Waals surface area contributed by atoms with Crippen molar-refractivity contribution in [2.75, 3.05) is 6.54 Å². The van der Waals surface area contributed by atoms with Crippen molar-refractivity contribution in [1.82, 2.24) is 9.47 Å². The Morgan fingerprint density at radius 1 is 1.13 bits per heavy atom. The number of nitrogens with zero attached hydrogens (tertiary/aromatic N) is 3. The fourth-order valence-corrected chi connectivity index (χ4v) is 3.73. The van der Waals surface area contributed by atoms with Gasteiger partial charge in [0.2, 0.25) is 0 Å². The largest absolute Gasteiger partial charge is 0.467 e. The molecule has 0 saturated carbocycles. The molecule has 0 unspecified atom stereocenters. The first kappa shape index (κ1) is 19.3. The molecule has 0 atom stereocenters. The lowest BCUT2D eigenvalue weighted by atomic mass is 10.1. The number of furan rings is 1. The van der Waals surface area contributed by atoms with E-state index < -0.39 is 34.8 Å². The molecule has 2 amide bonds. The van der Waals surface area contributed by atoms with Crippen LogP contribution >= 0.6 is 0 Å². The molecule has 1 aromatic carbocycles. The number of nitro benzene ring substituents is 1.